The summed E-state index contributed by atoms with van der Waals surface area (Å²) in [6, 6.07) is 16.0. The van der Waals surface area contributed by atoms with E-state index in [1.165, 1.54) is 5.56 Å². The van der Waals surface area contributed by atoms with Gasteiger partial charge in [-0.2, -0.15) is 4.68 Å². The van der Waals surface area contributed by atoms with Crippen molar-refractivity contribution in [1.29, 1.82) is 0 Å². The molecule has 0 radical (unpaired) electrons. The fourth-order valence-corrected chi connectivity index (χ4v) is 3.20. The van der Waals surface area contributed by atoms with Gasteiger partial charge < -0.3 is 10.2 Å². The molecule has 2 aromatic carbocycles. The van der Waals surface area contributed by atoms with Gasteiger partial charge >= 0.3 is 0 Å². The molecule has 26 heavy (non-hydrogen) atoms. The van der Waals surface area contributed by atoms with Crippen LogP contribution in [0, 0.1) is 6.92 Å². The summed E-state index contributed by atoms with van der Waals surface area (Å²) >= 11 is 0. The number of amides is 1. The van der Waals surface area contributed by atoms with Crippen LogP contribution < -0.4 is 10.2 Å². The van der Waals surface area contributed by atoms with Crippen LogP contribution in [-0.4, -0.2) is 39.2 Å². The van der Waals surface area contributed by atoms with Crippen molar-refractivity contribution in [2.45, 2.75) is 19.8 Å². The van der Waals surface area contributed by atoms with Crippen LogP contribution in [0.1, 0.15) is 17.5 Å². The molecule has 0 unspecified atom stereocenters. The molecule has 7 nitrogen and oxygen atoms in total. The lowest BCUT2D eigenvalue weighted by Gasteiger charge is -2.29. The molecule has 1 aromatic heterocycles. The molecular weight excluding hydrogens is 328 g/mol. The zero-order valence-corrected chi connectivity index (χ0v) is 14.6. The molecule has 132 valence electrons. The van der Waals surface area contributed by atoms with E-state index in [0.717, 1.165) is 36.3 Å². The second-order valence-electron chi connectivity index (χ2n) is 6.38. The zero-order valence-electron chi connectivity index (χ0n) is 14.6. The number of carbonyl (C=O) groups is 1. The largest absolute Gasteiger partial charge is 0.344 e. The molecule has 1 amide bonds. The summed E-state index contributed by atoms with van der Waals surface area (Å²) in [4.78, 5) is 14.6. The van der Waals surface area contributed by atoms with Crippen molar-refractivity contribution in [3.05, 3.63) is 59.7 Å². The Bertz CT molecular complexity index is 918. The number of benzene rings is 2. The van der Waals surface area contributed by atoms with Crippen molar-refractivity contribution >= 4 is 17.5 Å². The molecule has 1 aliphatic heterocycles. The van der Waals surface area contributed by atoms with Crippen LogP contribution in [0.3, 0.4) is 0 Å². The summed E-state index contributed by atoms with van der Waals surface area (Å²) in [5.41, 5.74) is 4.23. The van der Waals surface area contributed by atoms with Gasteiger partial charge in [0.1, 0.15) is 0 Å². The SMILES string of the molecule is Cc1ccc(-n2nnnc2NCC(=O)N2CCCc3ccccc32)cc1. The lowest BCUT2D eigenvalue weighted by Crippen LogP contribution is -2.39. The Balaban J connectivity index is 1.48. The Morgan fingerprint density at radius 3 is 2.81 bits per heavy atom. The van der Waals surface area contributed by atoms with Crippen molar-refractivity contribution in [3.63, 3.8) is 0 Å². The summed E-state index contributed by atoms with van der Waals surface area (Å²) in [7, 11) is 0. The normalized spacial score (nSPS) is 13.3. The minimum atomic E-state index is 0.00982. The monoisotopic (exact) mass is 348 g/mol. The number of hydrogen-bond donors (Lipinski definition) is 1. The average Bonchev–Trinajstić information content (AvgIpc) is 3.15. The number of anilines is 2. The first-order chi connectivity index (χ1) is 12.7. The summed E-state index contributed by atoms with van der Waals surface area (Å²) in [6.45, 7) is 2.90. The molecule has 7 heteroatoms. The number of rotatable bonds is 4. The lowest BCUT2D eigenvalue weighted by molar-refractivity contribution is -0.117. The Morgan fingerprint density at radius 2 is 1.96 bits per heavy atom. The predicted molar refractivity (Wildman–Crippen MR) is 99.5 cm³/mol. The van der Waals surface area contributed by atoms with E-state index in [-0.39, 0.29) is 12.5 Å². The number of aryl methyl sites for hydroxylation is 2. The van der Waals surface area contributed by atoms with Gasteiger partial charge in [-0.3, -0.25) is 4.79 Å². The Labute approximate surface area is 151 Å². The molecule has 0 fully saturated rings. The van der Waals surface area contributed by atoms with Crippen LogP contribution >= 0.6 is 0 Å². The highest BCUT2D eigenvalue weighted by molar-refractivity contribution is 5.97. The second kappa shape index (κ2) is 6.95. The standard InChI is InChI=1S/C19H20N6O/c1-14-8-10-16(11-9-14)25-19(21-22-23-25)20-13-18(26)24-12-4-6-15-5-2-3-7-17(15)24/h2-3,5,7-11H,4,6,12-13H2,1H3,(H,20,21,23). The van der Waals surface area contributed by atoms with E-state index in [9.17, 15) is 4.79 Å². The number of fused-ring (bicyclic) bond motifs is 1. The van der Waals surface area contributed by atoms with E-state index in [4.69, 9.17) is 0 Å². The number of tetrazole rings is 1. The van der Waals surface area contributed by atoms with Gasteiger partial charge in [-0.05, 0) is 54.0 Å². The summed E-state index contributed by atoms with van der Waals surface area (Å²) in [5, 5.41) is 14.8. The smallest absolute Gasteiger partial charge is 0.248 e. The lowest BCUT2D eigenvalue weighted by atomic mass is 10.0. The topological polar surface area (TPSA) is 75.9 Å². The Hall–Kier alpha value is -3.22. The van der Waals surface area contributed by atoms with E-state index in [1.807, 2.05) is 54.3 Å². The number of nitrogens with one attached hydrogen (secondary N) is 1. The number of aromatic nitrogens is 4. The molecule has 0 bridgehead atoms. The van der Waals surface area contributed by atoms with Gasteiger partial charge in [0.2, 0.25) is 11.9 Å². The van der Waals surface area contributed by atoms with E-state index in [2.05, 4.69) is 26.9 Å². The van der Waals surface area contributed by atoms with Crippen molar-refractivity contribution in [2.24, 2.45) is 0 Å². The van der Waals surface area contributed by atoms with Crippen molar-refractivity contribution < 1.29 is 4.79 Å². The van der Waals surface area contributed by atoms with Gasteiger partial charge in [-0.15, -0.1) is 0 Å². The molecule has 2 heterocycles. The van der Waals surface area contributed by atoms with Gasteiger partial charge in [0.05, 0.1) is 12.2 Å². The van der Waals surface area contributed by atoms with Crippen LogP contribution in [0.25, 0.3) is 5.69 Å². The number of carbonyl (C=O) groups excluding carboxylic acids is 1. The van der Waals surface area contributed by atoms with Gasteiger partial charge in [0.15, 0.2) is 0 Å². The summed E-state index contributed by atoms with van der Waals surface area (Å²) < 4.78 is 1.59. The maximum absolute atomic E-state index is 12.7. The van der Waals surface area contributed by atoms with Crippen LogP contribution in [0.4, 0.5) is 11.6 Å². The molecule has 0 atom stereocenters. The van der Waals surface area contributed by atoms with E-state index in [1.54, 1.807) is 4.68 Å². The van der Waals surface area contributed by atoms with E-state index < -0.39 is 0 Å². The van der Waals surface area contributed by atoms with Crippen LogP contribution in [0.2, 0.25) is 0 Å². The van der Waals surface area contributed by atoms with Crippen LogP contribution in [0.5, 0.6) is 0 Å². The highest BCUT2D eigenvalue weighted by atomic mass is 16.2. The van der Waals surface area contributed by atoms with Gasteiger partial charge in [0.25, 0.3) is 0 Å². The van der Waals surface area contributed by atoms with Crippen molar-refractivity contribution in [1.82, 2.24) is 20.2 Å². The second-order valence-corrected chi connectivity index (χ2v) is 6.38. The molecule has 0 saturated heterocycles. The quantitative estimate of drug-likeness (QED) is 0.783. The first-order valence-corrected chi connectivity index (χ1v) is 8.70. The third kappa shape index (κ3) is 3.15. The predicted octanol–water partition coefficient (Wildman–Crippen LogP) is 2.36. The first kappa shape index (κ1) is 16.3. The van der Waals surface area contributed by atoms with Crippen molar-refractivity contribution in [3.8, 4) is 5.69 Å². The number of nitrogens with zero attached hydrogens (tertiary/aromatic N) is 5. The third-order valence-electron chi connectivity index (χ3n) is 4.56. The average molecular weight is 348 g/mol. The maximum atomic E-state index is 12.7. The van der Waals surface area contributed by atoms with Crippen LogP contribution in [0.15, 0.2) is 48.5 Å². The maximum Gasteiger partial charge on any atom is 0.248 e. The van der Waals surface area contributed by atoms with E-state index in [0.29, 0.717) is 5.95 Å². The molecule has 4 rings (SSSR count). The molecule has 3 aromatic rings. The summed E-state index contributed by atoms with van der Waals surface area (Å²) in [5.74, 6) is 0.461. The summed E-state index contributed by atoms with van der Waals surface area (Å²) in [6.07, 6.45) is 1.99. The Kier molecular flexibility index (Phi) is 4.35. The third-order valence-corrected chi connectivity index (χ3v) is 4.56. The van der Waals surface area contributed by atoms with E-state index >= 15 is 0 Å². The Morgan fingerprint density at radius 1 is 1.15 bits per heavy atom. The highest BCUT2D eigenvalue weighted by Crippen LogP contribution is 2.26. The molecular formula is C19H20N6O. The number of hydrogen-bond acceptors (Lipinski definition) is 5. The minimum absolute atomic E-state index is 0.00982. The molecule has 1 aliphatic rings. The van der Waals surface area contributed by atoms with Crippen molar-refractivity contribution in [2.75, 3.05) is 23.3 Å². The number of para-hydroxylation sites is 1. The van der Waals surface area contributed by atoms with Gasteiger partial charge in [-0.25, -0.2) is 0 Å². The minimum Gasteiger partial charge on any atom is -0.344 e. The molecule has 0 saturated carbocycles. The van der Waals surface area contributed by atoms with Gasteiger partial charge in [0, 0.05) is 12.2 Å². The first-order valence-electron chi connectivity index (χ1n) is 8.70. The van der Waals surface area contributed by atoms with Crippen LogP contribution in [-0.2, 0) is 11.2 Å². The zero-order chi connectivity index (χ0) is 17.9. The highest BCUT2D eigenvalue weighted by Gasteiger charge is 2.22. The molecule has 1 N–H and O–H groups in total. The molecule has 0 spiro atoms. The molecule has 0 aliphatic carbocycles. The fraction of sp³-hybridized carbons (Fsp3) is 0.263. The van der Waals surface area contributed by atoms with Gasteiger partial charge in [-0.1, -0.05) is 41.0 Å². The fourth-order valence-electron chi connectivity index (χ4n) is 3.20.